The maximum absolute atomic E-state index is 11.9. The van der Waals surface area contributed by atoms with Gasteiger partial charge in [0.1, 0.15) is 0 Å². The molecule has 0 bridgehead atoms. The zero-order valence-corrected chi connectivity index (χ0v) is 13.1. The third kappa shape index (κ3) is 5.69. The molecule has 0 unspecified atom stereocenters. The second-order valence-corrected chi connectivity index (χ2v) is 6.11. The predicted molar refractivity (Wildman–Crippen MR) is 88.3 cm³/mol. The summed E-state index contributed by atoms with van der Waals surface area (Å²) in [6.07, 6.45) is 2.79. The number of aryl methyl sites for hydroxylation is 2. The fourth-order valence-corrected chi connectivity index (χ4v) is 2.91. The van der Waals surface area contributed by atoms with E-state index in [0.29, 0.717) is 12.8 Å². The number of anilines is 1. The first-order valence-corrected chi connectivity index (χ1v) is 8.14. The molecule has 2 aromatic rings. The molecule has 0 radical (unpaired) electrons. The largest absolute Gasteiger partial charge is 0.481 e. The van der Waals surface area contributed by atoms with Crippen LogP contribution in [0, 0.1) is 0 Å². The Hall–Kier alpha value is -2.14. The summed E-state index contributed by atoms with van der Waals surface area (Å²) in [5.74, 6) is -0.824. The van der Waals surface area contributed by atoms with Gasteiger partial charge in [-0.1, -0.05) is 18.2 Å². The summed E-state index contributed by atoms with van der Waals surface area (Å²) < 4.78 is 0. The maximum atomic E-state index is 11.9. The highest BCUT2D eigenvalue weighted by Crippen LogP contribution is 2.15. The number of carbonyl (C=O) groups is 2. The van der Waals surface area contributed by atoms with Crippen molar-refractivity contribution in [2.75, 3.05) is 5.32 Å². The van der Waals surface area contributed by atoms with Crippen LogP contribution >= 0.6 is 11.3 Å². The van der Waals surface area contributed by atoms with Crippen LogP contribution in [0.5, 0.6) is 0 Å². The van der Waals surface area contributed by atoms with Gasteiger partial charge in [-0.05, 0) is 48.4 Å². The van der Waals surface area contributed by atoms with E-state index < -0.39 is 5.97 Å². The first kappa shape index (κ1) is 16.2. The lowest BCUT2D eigenvalue weighted by molar-refractivity contribution is -0.137. The number of benzene rings is 1. The zero-order chi connectivity index (χ0) is 15.8. The summed E-state index contributed by atoms with van der Waals surface area (Å²) in [6.45, 7) is 0. The number of hydrogen-bond donors (Lipinski definition) is 2. The molecular weight excluding hydrogens is 298 g/mol. The molecule has 5 heteroatoms. The highest BCUT2D eigenvalue weighted by atomic mass is 32.1. The van der Waals surface area contributed by atoms with Gasteiger partial charge in [0.2, 0.25) is 5.91 Å². The molecule has 1 heterocycles. The minimum absolute atomic E-state index is 0.00746. The van der Waals surface area contributed by atoms with E-state index in [2.05, 4.69) is 11.4 Å². The number of hydrogen-bond acceptors (Lipinski definition) is 3. The molecule has 0 atom stereocenters. The van der Waals surface area contributed by atoms with E-state index >= 15 is 0 Å². The smallest absolute Gasteiger partial charge is 0.303 e. The molecule has 0 saturated carbocycles. The molecule has 22 heavy (non-hydrogen) atoms. The van der Waals surface area contributed by atoms with E-state index in [0.717, 1.165) is 24.1 Å². The number of carboxylic acid groups (broad SMARTS) is 1. The van der Waals surface area contributed by atoms with Gasteiger partial charge < -0.3 is 10.4 Å². The SMILES string of the molecule is O=C(O)CCc1cccc(NC(=O)CCCc2cccs2)c1. The van der Waals surface area contributed by atoms with E-state index in [4.69, 9.17) is 5.11 Å². The summed E-state index contributed by atoms with van der Waals surface area (Å²) in [6, 6.07) is 11.5. The van der Waals surface area contributed by atoms with Gasteiger partial charge in [-0.2, -0.15) is 0 Å². The molecule has 0 aliphatic rings. The van der Waals surface area contributed by atoms with Crippen molar-refractivity contribution in [3.05, 3.63) is 52.2 Å². The van der Waals surface area contributed by atoms with E-state index in [1.54, 1.807) is 11.3 Å². The van der Waals surface area contributed by atoms with Crippen LogP contribution in [0.2, 0.25) is 0 Å². The highest BCUT2D eigenvalue weighted by molar-refractivity contribution is 7.09. The van der Waals surface area contributed by atoms with Crippen LogP contribution in [0.3, 0.4) is 0 Å². The maximum Gasteiger partial charge on any atom is 0.303 e. The molecule has 1 aromatic carbocycles. The number of nitrogens with one attached hydrogen (secondary N) is 1. The van der Waals surface area contributed by atoms with Gasteiger partial charge in [0, 0.05) is 23.4 Å². The molecule has 4 nitrogen and oxygen atoms in total. The number of amides is 1. The van der Waals surface area contributed by atoms with Gasteiger partial charge in [0.25, 0.3) is 0 Å². The Morgan fingerprint density at radius 2 is 1.95 bits per heavy atom. The monoisotopic (exact) mass is 317 g/mol. The third-order valence-electron chi connectivity index (χ3n) is 3.25. The second kappa shape index (κ2) is 8.34. The van der Waals surface area contributed by atoms with Crippen LogP contribution in [0.4, 0.5) is 5.69 Å². The molecule has 1 aromatic heterocycles. The molecule has 116 valence electrons. The zero-order valence-electron chi connectivity index (χ0n) is 12.2. The first-order chi connectivity index (χ1) is 10.6. The second-order valence-electron chi connectivity index (χ2n) is 5.08. The van der Waals surface area contributed by atoms with E-state index in [1.165, 1.54) is 4.88 Å². The fourth-order valence-electron chi connectivity index (χ4n) is 2.16. The Bertz CT molecular complexity index is 623. The van der Waals surface area contributed by atoms with E-state index in [9.17, 15) is 9.59 Å². The number of rotatable bonds is 8. The van der Waals surface area contributed by atoms with Crippen molar-refractivity contribution in [1.82, 2.24) is 0 Å². The number of carboxylic acids is 1. The summed E-state index contributed by atoms with van der Waals surface area (Å²) >= 11 is 1.71. The van der Waals surface area contributed by atoms with Gasteiger partial charge in [-0.25, -0.2) is 0 Å². The van der Waals surface area contributed by atoms with Crippen LogP contribution in [-0.2, 0) is 22.4 Å². The predicted octanol–water partition coefficient (Wildman–Crippen LogP) is 3.73. The first-order valence-electron chi connectivity index (χ1n) is 7.26. The van der Waals surface area contributed by atoms with Crippen molar-refractivity contribution in [2.24, 2.45) is 0 Å². The Morgan fingerprint density at radius 1 is 1.09 bits per heavy atom. The van der Waals surface area contributed by atoms with Crippen molar-refractivity contribution < 1.29 is 14.7 Å². The molecule has 0 spiro atoms. The van der Waals surface area contributed by atoms with Crippen LogP contribution in [0.1, 0.15) is 29.7 Å². The topological polar surface area (TPSA) is 66.4 Å². The minimum Gasteiger partial charge on any atom is -0.481 e. The lowest BCUT2D eigenvalue weighted by Gasteiger charge is -2.07. The van der Waals surface area contributed by atoms with E-state index in [-0.39, 0.29) is 12.3 Å². The number of carbonyl (C=O) groups excluding carboxylic acids is 1. The molecular formula is C17H19NO3S. The van der Waals surface area contributed by atoms with Gasteiger partial charge in [-0.15, -0.1) is 11.3 Å². The molecule has 0 aliphatic heterocycles. The van der Waals surface area contributed by atoms with Crippen LogP contribution in [-0.4, -0.2) is 17.0 Å². The summed E-state index contributed by atoms with van der Waals surface area (Å²) in [5, 5.41) is 13.6. The minimum atomic E-state index is -0.817. The lowest BCUT2D eigenvalue weighted by Crippen LogP contribution is -2.11. The van der Waals surface area contributed by atoms with Gasteiger partial charge in [0.05, 0.1) is 0 Å². The van der Waals surface area contributed by atoms with E-state index in [1.807, 2.05) is 35.7 Å². The van der Waals surface area contributed by atoms with Crippen LogP contribution in [0.25, 0.3) is 0 Å². The fraction of sp³-hybridized carbons (Fsp3) is 0.294. The molecule has 0 fully saturated rings. The Labute approximate surface area is 133 Å². The standard InChI is InChI=1S/C17H19NO3S/c19-16(8-2-6-15-7-3-11-22-15)18-14-5-1-4-13(12-14)9-10-17(20)21/h1,3-5,7,11-12H,2,6,8-10H2,(H,18,19)(H,20,21). The molecule has 2 N–H and O–H groups in total. The Morgan fingerprint density at radius 3 is 2.68 bits per heavy atom. The molecule has 0 aliphatic carbocycles. The average molecular weight is 317 g/mol. The van der Waals surface area contributed by atoms with Crippen molar-refractivity contribution in [1.29, 1.82) is 0 Å². The third-order valence-corrected chi connectivity index (χ3v) is 4.18. The summed E-state index contributed by atoms with van der Waals surface area (Å²) in [7, 11) is 0. The summed E-state index contributed by atoms with van der Waals surface area (Å²) in [4.78, 5) is 23.8. The molecule has 0 saturated heterocycles. The quantitative estimate of drug-likeness (QED) is 0.779. The van der Waals surface area contributed by atoms with Crippen LogP contribution in [0.15, 0.2) is 41.8 Å². The number of thiophene rings is 1. The van der Waals surface area contributed by atoms with Gasteiger partial charge in [0.15, 0.2) is 0 Å². The number of aliphatic carboxylic acids is 1. The Balaban J connectivity index is 1.78. The highest BCUT2D eigenvalue weighted by Gasteiger charge is 2.05. The molecule has 1 amide bonds. The van der Waals surface area contributed by atoms with Crippen molar-refractivity contribution in [3.63, 3.8) is 0 Å². The van der Waals surface area contributed by atoms with Crippen molar-refractivity contribution >= 4 is 28.9 Å². The van der Waals surface area contributed by atoms with Crippen molar-refractivity contribution in [3.8, 4) is 0 Å². The van der Waals surface area contributed by atoms with Gasteiger partial charge in [-0.3, -0.25) is 9.59 Å². The average Bonchev–Trinajstić information content (AvgIpc) is 2.99. The normalized spacial score (nSPS) is 10.4. The Kier molecular flexibility index (Phi) is 6.15. The van der Waals surface area contributed by atoms with Gasteiger partial charge >= 0.3 is 5.97 Å². The van der Waals surface area contributed by atoms with Crippen LogP contribution < -0.4 is 5.32 Å². The lowest BCUT2D eigenvalue weighted by atomic mass is 10.1. The summed E-state index contributed by atoms with van der Waals surface area (Å²) in [5.41, 5.74) is 1.64. The molecule has 2 rings (SSSR count). The van der Waals surface area contributed by atoms with Crippen molar-refractivity contribution in [2.45, 2.75) is 32.1 Å².